The van der Waals surface area contributed by atoms with Crippen LogP contribution in [0.15, 0.2) is 24.3 Å². The summed E-state index contributed by atoms with van der Waals surface area (Å²) in [7, 11) is 0. The maximum Gasteiger partial charge on any atom is 0.243 e. The van der Waals surface area contributed by atoms with Gasteiger partial charge in [-0.15, -0.1) is 0 Å². The predicted molar refractivity (Wildman–Crippen MR) is 111 cm³/mol. The van der Waals surface area contributed by atoms with Crippen LogP contribution in [0.5, 0.6) is 0 Å². The summed E-state index contributed by atoms with van der Waals surface area (Å²) in [5.41, 5.74) is -1.78. The first-order chi connectivity index (χ1) is 13.7. The number of nitrogens with zero attached hydrogens (tertiary/aromatic N) is 1. The van der Waals surface area contributed by atoms with Crippen molar-refractivity contribution >= 4 is 64.0 Å². The second kappa shape index (κ2) is 6.56. The standard InChI is InChI=1S/C18H17N5O4S2/c1-9-4-2-3-5-10(9)23-7-17(11(24)19-15(28)20-12(17)25)6-18(8-23)13(26)21-16(29)22-14(18)27/h2-5H,6-8H2,1H3,(H2,19,20,24,25,28)(H2,21,22,26,27,29). The Bertz CT molecular complexity index is 912. The topological polar surface area (TPSA) is 120 Å². The highest BCUT2D eigenvalue weighted by molar-refractivity contribution is 7.80. The maximum absolute atomic E-state index is 13.0. The van der Waals surface area contributed by atoms with Crippen LogP contribution in [0.3, 0.4) is 0 Å². The number of rotatable bonds is 1. The van der Waals surface area contributed by atoms with Gasteiger partial charge in [-0.25, -0.2) is 0 Å². The van der Waals surface area contributed by atoms with E-state index in [0.717, 1.165) is 5.56 Å². The Morgan fingerprint density at radius 2 is 1.21 bits per heavy atom. The highest BCUT2D eigenvalue weighted by atomic mass is 32.1. The lowest BCUT2D eigenvalue weighted by Gasteiger charge is -2.51. The lowest BCUT2D eigenvalue weighted by molar-refractivity contribution is -0.154. The Morgan fingerprint density at radius 3 is 1.62 bits per heavy atom. The van der Waals surface area contributed by atoms with E-state index in [-0.39, 0.29) is 29.7 Å². The zero-order valence-corrected chi connectivity index (χ0v) is 17.0. The fraction of sp³-hybridized carbons (Fsp3) is 0.333. The van der Waals surface area contributed by atoms with Gasteiger partial charge in [-0.1, -0.05) is 18.2 Å². The molecule has 4 rings (SSSR count). The molecule has 11 heteroatoms. The van der Waals surface area contributed by atoms with Crippen LogP contribution in [0, 0.1) is 17.8 Å². The smallest absolute Gasteiger partial charge is 0.243 e. The molecule has 3 saturated heterocycles. The fourth-order valence-corrected chi connectivity index (χ4v) is 4.56. The number of piperidine rings is 1. The number of hydrogen-bond donors (Lipinski definition) is 4. The molecule has 3 fully saturated rings. The number of benzene rings is 1. The molecule has 0 aromatic heterocycles. The molecular formula is C18H17N5O4S2. The molecule has 4 amide bonds. The number of carbonyl (C=O) groups is 4. The minimum atomic E-state index is -1.68. The predicted octanol–water partition coefficient (Wildman–Crippen LogP) is -0.760. The van der Waals surface area contributed by atoms with Gasteiger partial charge in [-0.2, -0.15) is 0 Å². The van der Waals surface area contributed by atoms with Gasteiger partial charge in [0.25, 0.3) is 0 Å². The summed E-state index contributed by atoms with van der Waals surface area (Å²) >= 11 is 9.83. The van der Waals surface area contributed by atoms with Crippen LogP contribution in [-0.4, -0.2) is 46.9 Å². The molecule has 1 aromatic rings. The lowest BCUT2D eigenvalue weighted by Crippen LogP contribution is -2.75. The number of carbonyl (C=O) groups excluding carboxylic acids is 4. The Balaban J connectivity index is 1.87. The second-order valence-corrected chi connectivity index (χ2v) is 8.27. The largest absolute Gasteiger partial charge is 0.368 e. The van der Waals surface area contributed by atoms with Gasteiger partial charge in [0.1, 0.15) is 10.8 Å². The van der Waals surface area contributed by atoms with E-state index in [1.807, 2.05) is 31.2 Å². The van der Waals surface area contributed by atoms with Crippen LogP contribution in [0.4, 0.5) is 5.69 Å². The van der Waals surface area contributed by atoms with Gasteiger partial charge >= 0.3 is 0 Å². The third kappa shape index (κ3) is 2.88. The molecule has 9 nitrogen and oxygen atoms in total. The van der Waals surface area contributed by atoms with E-state index in [1.54, 1.807) is 4.90 Å². The van der Waals surface area contributed by atoms with E-state index in [2.05, 4.69) is 21.3 Å². The molecular weight excluding hydrogens is 414 g/mol. The highest BCUT2D eigenvalue weighted by Crippen LogP contribution is 2.45. The number of amides is 4. The number of aryl methyl sites for hydroxylation is 1. The first-order valence-corrected chi connectivity index (χ1v) is 9.64. The average Bonchev–Trinajstić information content (AvgIpc) is 2.65. The van der Waals surface area contributed by atoms with Crippen molar-refractivity contribution in [2.24, 2.45) is 10.8 Å². The lowest BCUT2D eigenvalue weighted by atomic mass is 9.64. The molecule has 3 aliphatic heterocycles. The first kappa shape index (κ1) is 19.4. The molecule has 29 heavy (non-hydrogen) atoms. The summed E-state index contributed by atoms with van der Waals surface area (Å²) < 4.78 is 0. The van der Waals surface area contributed by atoms with Crippen molar-refractivity contribution in [1.82, 2.24) is 21.3 Å². The van der Waals surface area contributed by atoms with Gasteiger partial charge < -0.3 is 26.2 Å². The molecule has 3 heterocycles. The van der Waals surface area contributed by atoms with Crippen LogP contribution < -0.4 is 26.2 Å². The Hall–Kier alpha value is -2.92. The van der Waals surface area contributed by atoms with Gasteiger partial charge in [0.15, 0.2) is 10.2 Å². The third-order valence-corrected chi connectivity index (χ3v) is 6.04. The Kier molecular flexibility index (Phi) is 4.39. The molecule has 0 atom stereocenters. The SMILES string of the molecule is Cc1ccccc1N1CC2(CC3(C1)C(=O)NC(=S)NC3=O)C(=O)NC(=S)NC2=O. The zero-order chi connectivity index (χ0) is 21.0. The van der Waals surface area contributed by atoms with Crippen LogP contribution in [0.25, 0.3) is 0 Å². The van der Waals surface area contributed by atoms with Gasteiger partial charge in [-0.05, 0) is 49.4 Å². The number of anilines is 1. The average molecular weight is 431 g/mol. The van der Waals surface area contributed by atoms with Crippen LogP contribution >= 0.6 is 24.4 Å². The van der Waals surface area contributed by atoms with Crippen molar-refractivity contribution in [2.45, 2.75) is 13.3 Å². The summed E-state index contributed by atoms with van der Waals surface area (Å²) in [5.74, 6) is -2.56. The summed E-state index contributed by atoms with van der Waals surface area (Å²) in [4.78, 5) is 53.7. The number of para-hydroxylation sites is 1. The first-order valence-electron chi connectivity index (χ1n) is 8.82. The van der Waals surface area contributed by atoms with Gasteiger partial charge in [0.05, 0.1) is 0 Å². The molecule has 3 aliphatic rings. The van der Waals surface area contributed by atoms with Crippen molar-refractivity contribution < 1.29 is 19.2 Å². The van der Waals surface area contributed by atoms with Crippen molar-refractivity contribution in [1.29, 1.82) is 0 Å². The molecule has 0 aliphatic carbocycles. The van der Waals surface area contributed by atoms with Crippen molar-refractivity contribution in [2.75, 3.05) is 18.0 Å². The van der Waals surface area contributed by atoms with E-state index >= 15 is 0 Å². The van der Waals surface area contributed by atoms with Gasteiger partial charge in [0, 0.05) is 18.8 Å². The molecule has 0 bridgehead atoms. The Labute approximate surface area is 176 Å². The Morgan fingerprint density at radius 1 is 0.793 bits per heavy atom. The fourth-order valence-electron chi connectivity index (χ4n) is 4.19. The maximum atomic E-state index is 13.0. The van der Waals surface area contributed by atoms with Gasteiger partial charge in [-0.3, -0.25) is 19.2 Å². The van der Waals surface area contributed by atoms with E-state index in [4.69, 9.17) is 24.4 Å². The van der Waals surface area contributed by atoms with E-state index in [9.17, 15) is 19.2 Å². The number of hydrogen-bond acceptors (Lipinski definition) is 7. The van der Waals surface area contributed by atoms with Crippen LogP contribution in [0.2, 0.25) is 0 Å². The third-order valence-electron chi connectivity index (χ3n) is 5.63. The minimum Gasteiger partial charge on any atom is -0.368 e. The van der Waals surface area contributed by atoms with E-state index in [0.29, 0.717) is 5.69 Å². The molecule has 0 radical (unpaired) electrons. The van der Waals surface area contributed by atoms with Crippen molar-refractivity contribution in [3.8, 4) is 0 Å². The number of thiocarbonyl (C=S) groups is 2. The van der Waals surface area contributed by atoms with Crippen molar-refractivity contribution in [3.05, 3.63) is 29.8 Å². The van der Waals surface area contributed by atoms with Crippen LogP contribution in [-0.2, 0) is 19.2 Å². The second-order valence-electron chi connectivity index (χ2n) is 7.46. The van der Waals surface area contributed by atoms with Crippen LogP contribution in [0.1, 0.15) is 12.0 Å². The highest BCUT2D eigenvalue weighted by Gasteiger charge is 2.64. The number of nitrogens with one attached hydrogen (secondary N) is 4. The summed E-state index contributed by atoms with van der Waals surface area (Å²) in [6.07, 6.45) is -0.303. The van der Waals surface area contributed by atoms with Gasteiger partial charge in [0.2, 0.25) is 23.6 Å². The molecule has 4 N–H and O–H groups in total. The monoisotopic (exact) mass is 431 g/mol. The van der Waals surface area contributed by atoms with E-state index in [1.165, 1.54) is 0 Å². The van der Waals surface area contributed by atoms with E-state index < -0.39 is 34.5 Å². The summed E-state index contributed by atoms with van der Waals surface area (Å²) in [6, 6.07) is 7.35. The summed E-state index contributed by atoms with van der Waals surface area (Å²) in [5, 5.41) is 9.64. The summed E-state index contributed by atoms with van der Waals surface area (Å²) in [6.45, 7) is 1.85. The molecule has 0 saturated carbocycles. The molecule has 150 valence electrons. The quantitative estimate of drug-likeness (QED) is 0.341. The normalized spacial score (nSPS) is 22.9. The zero-order valence-electron chi connectivity index (χ0n) is 15.3. The minimum absolute atomic E-state index is 0.00904. The molecule has 2 spiro atoms. The molecule has 1 aromatic carbocycles. The molecule has 0 unspecified atom stereocenters. The van der Waals surface area contributed by atoms with Crippen molar-refractivity contribution in [3.63, 3.8) is 0 Å².